The van der Waals surface area contributed by atoms with Crippen molar-refractivity contribution in [1.82, 2.24) is 14.2 Å². The van der Waals surface area contributed by atoms with Crippen molar-refractivity contribution in [2.75, 3.05) is 11.9 Å². The third-order valence-corrected chi connectivity index (χ3v) is 7.19. The molecule has 3 aromatic heterocycles. The predicted molar refractivity (Wildman–Crippen MR) is 168 cm³/mol. The minimum absolute atomic E-state index is 0.0438. The van der Waals surface area contributed by atoms with Crippen LogP contribution in [-0.2, 0) is 0 Å². The summed E-state index contributed by atoms with van der Waals surface area (Å²) >= 11 is 0. The van der Waals surface area contributed by atoms with Crippen LogP contribution in [0.3, 0.4) is 0 Å². The second-order valence-electron chi connectivity index (χ2n) is 10.2. The molecule has 11 heteroatoms. The normalized spacial score (nSPS) is 11.0. The number of nitrogens with zero attached hydrogens (tertiary/aromatic N) is 3. The summed E-state index contributed by atoms with van der Waals surface area (Å²) in [5.41, 5.74) is 2.01. The Labute approximate surface area is 261 Å². The van der Waals surface area contributed by atoms with Gasteiger partial charge in [0.2, 0.25) is 0 Å². The fourth-order valence-corrected chi connectivity index (χ4v) is 5.02. The summed E-state index contributed by atoms with van der Waals surface area (Å²) < 4.78 is 43.2. The SMILES string of the molecule is CCOc1ccn(-c2ccc(F)cc2)c(=O)c1C(=O)Nc1ccc(Oc2ccnn3ccc(-c4cccc(C(C)=O)c4)c23)c(F)c1. The number of anilines is 1. The number of amides is 1. The van der Waals surface area contributed by atoms with Crippen LogP contribution in [0.1, 0.15) is 34.6 Å². The van der Waals surface area contributed by atoms with Crippen LogP contribution < -0.4 is 20.3 Å². The van der Waals surface area contributed by atoms with E-state index < -0.39 is 23.1 Å². The number of hydrogen-bond acceptors (Lipinski definition) is 6. The molecule has 0 bridgehead atoms. The number of benzene rings is 3. The van der Waals surface area contributed by atoms with Gasteiger partial charge in [-0.3, -0.25) is 19.0 Å². The van der Waals surface area contributed by atoms with E-state index in [0.29, 0.717) is 22.5 Å². The van der Waals surface area contributed by atoms with Crippen LogP contribution in [0, 0.1) is 11.6 Å². The number of carbonyl (C=O) groups excluding carboxylic acids is 2. The fraction of sp³-hybridized carbons (Fsp3) is 0.0857. The molecule has 6 rings (SSSR count). The zero-order chi connectivity index (χ0) is 32.4. The molecule has 0 aliphatic heterocycles. The van der Waals surface area contributed by atoms with Crippen molar-refractivity contribution in [2.24, 2.45) is 0 Å². The summed E-state index contributed by atoms with van der Waals surface area (Å²) in [5.74, 6) is -1.91. The van der Waals surface area contributed by atoms with Crippen LogP contribution >= 0.6 is 0 Å². The first-order valence-corrected chi connectivity index (χ1v) is 14.2. The quantitative estimate of drug-likeness (QED) is 0.173. The van der Waals surface area contributed by atoms with Gasteiger partial charge in [0, 0.05) is 47.0 Å². The van der Waals surface area contributed by atoms with Gasteiger partial charge in [0.05, 0.1) is 12.8 Å². The Bertz CT molecular complexity index is 2170. The van der Waals surface area contributed by atoms with Gasteiger partial charge in [-0.1, -0.05) is 18.2 Å². The highest BCUT2D eigenvalue weighted by atomic mass is 19.1. The second kappa shape index (κ2) is 12.5. The Morgan fingerprint density at radius 1 is 0.891 bits per heavy atom. The molecular formula is C35H26F2N4O5. The van der Waals surface area contributed by atoms with Crippen LogP contribution in [0.2, 0.25) is 0 Å². The van der Waals surface area contributed by atoms with Crippen LogP contribution in [0.5, 0.6) is 17.2 Å². The Morgan fingerprint density at radius 2 is 1.70 bits per heavy atom. The summed E-state index contributed by atoms with van der Waals surface area (Å²) in [6, 6.07) is 21.1. The Balaban J connectivity index is 1.29. The number of fused-ring (bicyclic) bond motifs is 1. The summed E-state index contributed by atoms with van der Waals surface area (Å²) in [7, 11) is 0. The molecule has 0 saturated heterocycles. The molecule has 3 aromatic carbocycles. The molecular weight excluding hydrogens is 594 g/mol. The molecule has 0 aliphatic rings. The van der Waals surface area contributed by atoms with Crippen LogP contribution in [-0.4, -0.2) is 32.5 Å². The number of pyridine rings is 1. The zero-order valence-electron chi connectivity index (χ0n) is 24.7. The Kier molecular flexibility index (Phi) is 8.13. The molecule has 230 valence electrons. The molecule has 0 saturated carbocycles. The molecule has 1 N–H and O–H groups in total. The van der Waals surface area contributed by atoms with E-state index in [1.807, 2.05) is 12.1 Å². The van der Waals surface area contributed by atoms with Gasteiger partial charge in [-0.05, 0) is 74.0 Å². The van der Waals surface area contributed by atoms with Crippen molar-refractivity contribution in [2.45, 2.75) is 13.8 Å². The highest BCUT2D eigenvalue weighted by Crippen LogP contribution is 2.36. The van der Waals surface area contributed by atoms with Crippen molar-refractivity contribution in [1.29, 1.82) is 0 Å². The third kappa shape index (κ3) is 5.85. The van der Waals surface area contributed by atoms with E-state index in [-0.39, 0.29) is 35.1 Å². The van der Waals surface area contributed by atoms with Crippen molar-refractivity contribution >= 4 is 22.9 Å². The zero-order valence-corrected chi connectivity index (χ0v) is 24.7. The van der Waals surface area contributed by atoms with Crippen molar-refractivity contribution in [3.63, 3.8) is 0 Å². The molecule has 0 spiro atoms. The highest BCUT2D eigenvalue weighted by molar-refractivity contribution is 6.06. The predicted octanol–water partition coefficient (Wildman–Crippen LogP) is 7.08. The van der Waals surface area contributed by atoms with E-state index in [0.717, 1.165) is 17.2 Å². The molecule has 46 heavy (non-hydrogen) atoms. The monoisotopic (exact) mass is 620 g/mol. The lowest BCUT2D eigenvalue weighted by atomic mass is 10.0. The molecule has 3 heterocycles. The van der Waals surface area contributed by atoms with Gasteiger partial charge in [-0.25, -0.2) is 13.3 Å². The topological polar surface area (TPSA) is 104 Å². The molecule has 6 aromatic rings. The largest absolute Gasteiger partial charge is 0.493 e. The number of carbonyl (C=O) groups is 2. The summed E-state index contributed by atoms with van der Waals surface area (Å²) in [5, 5.41) is 6.87. The molecule has 0 radical (unpaired) electrons. The first-order chi connectivity index (χ1) is 22.2. The third-order valence-electron chi connectivity index (χ3n) is 7.19. The second-order valence-corrected chi connectivity index (χ2v) is 10.2. The Hall–Kier alpha value is -6.10. The molecule has 9 nitrogen and oxygen atoms in total. The molecule has 0 fully saturated rings. The number of halogens is 2. The van der Waals surface area contributed by atoms with E-state index in [9.17, 15) is 18.8 Å². The minimum atomic E-state index is -0.820. The van der Waals surface area contributed by atoms with Gasteiger partial charge in [0.15, 0.2) is 23.1 Å². The molecule has 0 aliphatic carbocycles. The van der Waals surface area contributed by atoms with Crippen LogP contribution in [0.25, 0.3) is 22.3 Å². The maximum absolute atomic E-state index is 15.4. The van der Waals surface area contributed by atoms with Gasteiger partial charge in [0.25, 0.3) is 11.5 Å². The molecule has 0 unspecified atom stereocenters. The van der Waals surface area contributed by atoms with E-state index in [1.165, 1.54) is 66.3 Å². The first kappa shape index (κ1) is 29.9. The van der Waals surface area contributed by atoms with Gasteiger partial charge < -0.3 is 14.8 Å². The van der Waals surface area contributed by atoms with Crippen molar-refractivity contribution in [3.8, 4) is 34.1 Å². The van der Waals surface area contributed by atoms with Crippen molar-refractivity contribution < 1.29 is 27.8 Å². The average Bonchev–Trinajstić information content (AvgIpc) is 3.48. The summed E-state index contributed by atoms with van der Waals surface area (Å²) in [6.45, 7) is 3.39. The minimum Gasteiger partial charge on any atom is -0.493 e. The van der Waals surface area contributed by atoms with Gasteiger partial charge >= 0.3 is 0 Å². The van der Waals surface area contributed by atoms with Crippen molar-refractivity contribution in [3.05, 3.63) is 137 Å². The van der Waals surface area contributed by atoms with Gasteiger partial charge in [-0.2, -0.15) is 5.10 Å². The molecule has 0 atom stereocenters. The van der Waals surface area contributed by atoms with E-state index in [1.54, 1.807) is 41.9 Å². The number of aromatic nitrogens is 3. The number of nitrogens with one attached hydrogen (secondary N) is 1. The first-order valence-electron chi connectivity index (χ1n) is 14.2. The number of ketones is 1. The van der Waals surface area contributed by atoms with Crippen LogP contribution in [0.15, 0.2) is 108 Å². The number of ether oxygens (including phenoxy) is 2. The average molecular weight is 621 g/mol. The fourth-order valence-electron chi connectivity index (χ4n) is 5.02. The number of hydrogen-bond donors (Lipinski definition) is 1. The maximum atomic E-state index is 15.4. The maximum Gasteiger partial charge on any atom is 0.271 e. The van der Waals surface area contributed by atoms with Gasteiger partial charge in [-0.15, -0.1) is 0 Å². The highest BCUT2D eigenvalue weighted by Gasteiger charge is 2.21. The number of Topliss-reactive ketones (excluding diaryl/α,β-unsaturated/α-hetero) is 1. The Morgan fingerprint density at radius 3 is 2.43 bits per heavy atom. The standard InChI is InChI=1S/C35H26F2N4O5/c1-3-45-30-15-17-40(26-10-7-24(36)8-11-26)35(44)32(30)34(43)39-25-9-12-29(28(37)20-25)46-31-13-16-38-41-18-14-27(33(31)41)23-6-4-5-22(19-23)21(2)42/h4-20H,3H2,1-2H3,(H,39,43). The van der Waals surface area contributed by atoms with Gasteiger partial charge in [0.1, 0.15) is 22.6 Å². The van der Waals surface area contributed by atoms with E-state index >= 15 is 4.39 Å². The summed E-state index contributed by atoms with van der Waals surface area (Å²) in [6.07, 6.45) is 4.67. The number of rotatable bonds is 9. The van der Waals surface area contributed by atoms with E-state index in [4.69, 9.17) is 9.47 Å². The lowest BCUT2D eigenvalue weighted by molar-refractivity contribution is 0.101. The lowest BCUT2D eigenvalue weighted by Crippen LogP contribution is -2.29. The van der Waals surface area contributed by atoms with Crippen LogP contribution in [0.4, 0.5) is 14.5 Å². The smallest absolute Gasteiger partial charge is 0.271 e. The summed E-state index contributed by atoms with van der Waals surface area (Å²) in [4.78, 5) is 38.7. The van der Waals surface area contributed by atoms with E-state index in [2.05, 4.69) is 10.4 Å². The molecule has 1 amide bonds. The lowest BCUT2D eigenvalue weighted by Gasteiger charge is -2.14.